The Kier molecular flexibility index (Phi) is 8.56. The van der Waals surface area contributed by atoms with E-state index in [1.165, 1.54) is 0 Å². The zero-order chi connectivity index (χ0) is 11.5. The maximum absolute atomic E-state index is 5.94. The summed E-state index contributed by atoms with van der Waals surface area (Å²) < 4.78 is 5.52. The van der Waals surface area contributed by atoms with Crippen molar-refractivity contribution in [1.82, 2.24) is 0 Å². The second-order valence-electron chi connectivity index (χ2n) is 4.00. The predicted octanol–water partition coefficient (Wildman–Crippen LogP) is 1.77. The van der Waals surface area contributed by atoms with Gasteiger partial charge in [-0.25, -0.2) is 6.61 Å². The van der Waals surface area contributed by atoms with Crippen LogP contribution in [0.5, 0.6) is 0 Å². The van der Waals surface area contributed by atoms with Crippen LogP contribution in [0.25, 0.3) is 0 Å². The molecule has 0 saturated carbocycles. The molecule has 1 aromatic rings. The fourth-order valence-corrected chi connectivity index (χ4v) is 3.33. The van der Waals surface area contributed by atoms with Crippen LogP contribution in [-0.4, -0.2) is 5.44 Å². The summed E-state index contributed by atoms with van der Waals surface area (Å²) in [6, 6.07) is 5.64. The van der Waals surface area contributed by atoms with E-state index in [4.69, 9.17) is 27.9 Å². The van der Waals surface area contributed by atoms with Crippen LogP contribution in [0.1, 0.15) is 18.9 Å². The molecule has 1 nitrogen and oxygen atoms in total. The fraction of sp³-hybridized carbons (Fsp3) is 0.417. The standard InChI is InChI=1S/C12H13Cl2OS.Cs/c1-8-2-12(15-6-8)16-7-9-3-10(13)5-11(14)4-9;/h3-6,8,12H,2,7H2,1H3;/q-1;+1/t8-,12?;/m1./s1. The minimum Gasteiger partial charge on any atom is -0.542 e. The first-order valence-corrected chi connectivity index (χ1v) is 6.99. The minimum atomic E-state index is 0. The molecule has 1 heterocycles. The average molecular weight is 409 g/mol. The summed E-state index contributed by atoms with van der Waals surface area (Å²) in [5.41, 5.74) is 1.42. The van der Waals surface area contributed by atoms with E-state index in [2.05, 4.69) is 6.92 Å². The van der Waals surface area contributed by atoms with E-state index >= 15 is 0 Å². The van der Waals surface area contributed by atoms with Gasteiger partial charge < -0.3 is 4.74 Å². The first-order valence-electron chi connectivity index (χ1n) is 5.19. The average Bonchev–Trinajstić information content (AvgIpc) is 2.60. The summed E-state index contributed by atoms with van der Waals surface area (Å²) in [5.74, 6) is 1.44. The van der Waals surface area contributed by atoms with Crippen molar-refractivity contribution < 1.29 is 73.6 Å². The van der Waals surface area contributed by atoms with Gasteiger partial charge in [0, 0.05) is 15.8 Å². The number of ether oxygens (including phenoxy) is 1. The zero-order valence-electron chi connectivity index (χ0n) is 9.95. The number of hydrogen-bond donors (Lipinski definition) is 0. The molecule has 2 atom stereocenters. The maximum atomic E-state index is 5.94. The van der Waals surface area contributed by atoms with Gasteiger partial charge >= 0.3 is 68.9 Å². The molecule has 0 aromatic heterocycles. The monoisotopic (exact) mass is 408 g/mol. The molecule has 88 valence electrons. The number of hydrogen-bond acceptors (Lipinski definition) is 2. The van der Waals surface area contributed by atoms with Gasteiger partial charge in [0.25, 0.3) is 0 Å². The van der Waals surface area contributed by atoms with E-state index in [9.17, 15) is 0 Å². The first kappa shape index (κ1) is 17.2. The third-order valence-electron chi connectivity index (χ3n) is 2.39. The minimum absolute atomic E-state index is 0. The molecule has 17 heavy (non-hydrogen) atoms. The summed E-state index contributed by atoms with van der Waals surface area (Å²) in [6.45, 7) is 4.08. The number of rotatable bonds is 3. The molecular weight excluding hydrogens is 396 g/mol. The molecule has 0 aliphatic carbocycles. The molecule has 1 aliphatic heterocycles. The molecule has 1 unspecified atom stereocenters. The Morgan fingerprint density at radius 1 is 1.35 bits per heavy atom. The Bertz CT molecular complexity index is 355. The Labute approximate surface area is 176 Å². The molecule has 2 rings (SSSR count). The summed E-state index contributed by atoms with van der Waals surface area (Å²) >= 11 is 13.7. The van der Waals surface area contributed by atoms with Crippen molar-refractivity contribution in [2.75, 3.05) is 0 Å². The van der Waals surface area contributed by atoms with E-state index in [1.54, 1.807) is 17.8 Å². The fourth-order valence-electron chi connectivity index (χ4n) is 1.63. The summed E-state index contributed by atoms with van der Waals surface area (Å²) in [7, 11) is 0. The van der Waals surface area contributed by atoms with Gasteiger partial charge in [0.2, 0.25) is 0 Å². The van der Waals surface area contributed by atoms with Crippen molar-refractivity contribution in [1.29, 1.82) is 0 Å². The second-order valence-corrected chi connectivity index (χ2v) is 6.02. The number of thioether (sulfide) groups is 1. The Morgan fingerprint density at radius 2 is 2.00 bits per heavy atom. The van der Waals surface area contributed by atoms with E-state index in [0.29, 0.717) is 16.0 Å². The molecule has 1 aromatic carbocycles. The first-order chi connectivity index (χ1) is 7.63. The van der Waals surface area contributed by atoms with Gasteiger partial charge in [-0.3, -0.25) is 0 Å². The van der Waals surface area contributed by atoms with Gasteiger partial charge in [-0.2, -0.15) is 0 Å². The summed E-state index contributed by atoms with van der Waals surface area (Å²) in [6.07, 6.45) is 1.08. The van der Waals surface area contributed by atoms with Crippen LogP contribution < -0.4 is 68.9 Å². The van der Waals surface area contributed by atoms with Crippen molar-refractivity contribution in [3.8, 4) is 0 Å². The van der Waals surface area contributed by atoms with Crippen LogP contribution in [0.2, 0.25) is 10.0 Å². The number of halogens is 2. The molecule has 0 N–H and O–H groups in total. The normalized spacial score (nSPS) is 23.5. The quantitative estimate of drug-likeness (QED) is 0.705. The van der Waals surface area contributed by atoms with E-state index < -0.39 is 0 Å². The van der Waals surface area contributed by atoms with Crippen molar-refractivity contribution >= 4 is 35.0 Å². The Hall–Kier alpha value is 2.16. The molecule has 5 heteroatoms. The van der Waals surface area contributed by atoms with Gasteiger partial charge in [0.15, 0.2) is 0 Å². The summed E-state index contributed by atoms with van der Waals surface area (Å²) in [4.78, 5) is 0. The van der Waals surface area contributed by atoms with Crippen LogP contribution in [-0.2, 0) is 10.5 Å². The molecule has 0 bridgehead atoms. The van der Waals surface area contributed by atoms with Gasteiger partial charge in [-0.05, 0) is 30.2 Å². The second kappa shape index (κ2) is 8.45. The molecular formula is C12H13Cl2CsOS. The van der Waals surface area contributed by atoms with Crippen molar-refractivity contribution in [3.05, 3.63) is 40.4 Å². The number of benzene rings is 1. The topological polar surface area (TPSA) is 9.23 Å². The molecule has 1 fully saturated rings. The van der Waals surface area contributed by atoms with Crippen molar-refractivity contribution in [2.24, 2.45) is 5.92 Å². The predicted molar refractivity (Wildman–Crippen MR) is 70.7 cm³/mol. The van der Waals surface area contributed by atoms with Gasteiger partial charge in [0.05, 0.1) is 5.44 Å². The Balaban J connectivity index is 0.00000144. The van der Waals surface area contributed by atoms with Gasteiger partial charge in [0.1, 0.15) is 0 Å². The molecule has 1 saturated heterocycles. The molecule has 0 amide bonds. The van der Waals surface area contributed by atoms with Gasteiger partial charge in [-0.15, -0.1) is 17.7 Å². The van der Waals surface area contributed by atoms with Crippen molar-refractivity contribution in [3.63, 3.8) is 0 Å². The van der Waals surface area contributed by atoms with Crippen LogP contribution in [0.3, 0.4) is 0 Å². The zero-order valence-corrected chi connectivity index (χ0v) is 18.6. The molecule has 1 aliphatic rings. The maximum Gasteiger partial charge on any atom is 1.00 e. The van der Waals surface area contributed by atoms with Crippen LogP contribution in [0.15, 0.2) is 18.2 Å². The molecule has 0 spiro atoms. The van der Waals surface area contributed by atoms with Crippen molar-refractivity contribution in [2.45, 2.75) is 24.5 Å². The summed E-state index contributed by atoms with van der Waals surface area (Å²) in [5, 5.41) is 1.38. The SMILES string of the molecule is C[C@H]1[CH-]OC(SCc2cc(Cl)cc(Cl)c2)C1.[Cs+]. The van der Waals surface area contributed by atoms with Crippen LogP contribution >= 0.6 is 35.0 Å². The largest absolute Gasteiger partial charge is 1.00 e. The van der Waals surface area contributed by atoms with E-state index in [-0.39, 0.29) is 74.3 Å². The smallest absolute Gasteiger partial charge is 0.542 e. The third kappa shape index (κ3) is 5.98. The molecule has 0 radical (unpaired) electrons. The van der Waals surface area contributed by atoms with E-state index in [0.717, 1.165) is 17.7 Å². The third-order valence-corrected chi connectivity index (χ3v) is 4.00. The van der Waals surface area contributed by atoms with Crippen LogP contribution in [0.4, 0.5) is 0 Å². The van der Waals surface area contributed by atoms with Gasteiger partial charge in [-0.1, -0.05) is 30.1 Å². The van der Waals surface area contributed by atoms with E-state index in [1.807, 2.05) is 18.7 Å². The Morgan fingerprint density at radius 3 is 2.53 bits per heavy atom. The van der Waals surface area contributed by atoms with Crippen LogP contribution in [0, 0.1) is 12.5 Å².